The van der Waals surface area contributed by atoms with Crippen molar-refractivity contribution in [3.63, 3.8) is 0 Å². The Labute approximate surface area is 414 Å². The first kappa shape index (κ1) is 62.6. The molecule has 9 nitrogen and oxygen atoms in total. The van der Waals surface area contributed by atoms with Gasteiger partial charge < -0.3 is 39.4 Å². The van der Waals surface area contributed by atoms with Gasteiger partial charge in [0.15, 0.2) is 6.29 Å². The molecule has 9 heteroatoms. The number of unbranched alkanes of at least 4 members (excludes halogenated alkanes) is 13. The fourth-order valence-electron chi connectivity index (χ4n) is 7.31. The van der Waals surface area contributed by atoms with Gasteiger partial charge in [0.2, 0.25) is 0 Å². The van der Waals surface area contributed by atoms with Crippen LogP contribution in [0.4, 0.5) is 0 Å². The Bertz CT molecular complexity index is 1450. The van der Waals surface area contributed by atoms with Gasteiger partial charge in [-0.05, 0) is 103 Å². The molecule has 1 aliphatic rings. The molecular formula is C59H96O9. The van der Waals surface area contributed by atoms with Crippen LogP contribution < -0.4 is 0 Å². The highest BCUT2D eigenvalue weighted by Crippen LogP contribution is 2.22. The zero-order valence-electron chi connectivity index (χ0n) is 42.6. The molecule has 6 atom stereocenters. The molecule has 1 fully saturated rings. The Balaban J connectivity index is 2.24. The number of carbonyl (C=O) groups excluding carboxylic acids is 1. The van der Waals surface area contributed by atoms with E-state index in [1.807, 2.05) is 0 Å². The second-order valence-corrected chi connectivity index (χ2v) is 17.6. The van der Waals surface area contributed by atoms with Crippen molar-refractivity contribution >= 4 is 5.97 Å². The smallest absolute Gasteiger partial charge is 0.306 e. The predicted octanol–water partition coefficient (Wildman–Crippen LogP) is 13.5. The molecule has 1 rings (SSSR count). The van der Waals surface area contributed by atoms with Gasteiger partial charge in [0.1, 0.15) is 30.5 Å². The molecule has 0 aliphatic carbocycles. The number of carbonyl (C=O) groups is 1. The molecule has 0 spiro atoms. The van der Waals surface area contributed by atoms with Crippen LogP contribution in [-0.2, 0) is 23.7 Å². The Morgan fingerprint density at radius 2 is 0.853 bits per heavy atom. The first-order chi connectivity index (χ1) is 33.4. The Morgan fingerprint density at radius 3 is 1.28 bits per heavy atom. The lowest BCUT2D eigenvalue weighted by molar-refractivity contribution is -0.305. The first-order valence-corrected chi connectivity index (χ1v) is 26.6. The maximum Gasteiger partial charge on any atom is 0.306 e. The van der Waals surface area contributed by atoms with Crippen LogP contribution in [0.1, 0.15) is 181 Å². The van der Waals surface area contributed by atoms with Gasteiger partial charge in [0.25, 0.3) is 0 Å². The lowest BCUT2D eigenvalue weighted by Crippen LogP contribution is -2.59. The van der Waals surface area contributed by atoms with E-state index >= 15 is 0 Å². The molecule has 4 N–H and O–H groups in total. The molecule has 68 heavy (non-hydrogen) atoms. The highest BCUT2D eigenvalue weighted by molar-refractivity contribution is 5.69. The van der Waals surface area contributed by atoms with E-state index in [0.717, 1.165) is 122 Å². The van der Waals surface area contributed by atoms with Crippen LogP contribution >= 0.6 is 0 Å². The van der Waals surface area contributed by atoms with E-state index < -0.39 is 43.4 Å². The minimum atomic E-state index is -1.55. The molecule has 1 heterocycles. The molecule has 0 bridgehead atoms. The Hall–Kier alpha value is -3.41. The van der Waals surface area contributed by atoms with Gasteiger partial charge >= 0.3 is 5.97 Å². The predicted molar refractivity (Wildman–Crippen MR) is 283 cm³/mol. The second-order valence-electron chi connectivity index (χ2n) is 17.6. The SMILES string of the molecule is CC/C=C\C/C=C\C/C=C\C/C=C\C/C=C\CCCCCCCCCC(=O)OC(COCCCCCCCC/C=C\C/C=C\C/C=C\C/C=C\C/C=C\CC)COC1OC(CO)C(O)C(O)C1O. The average Bonchev–Trinajstić information content (AvgIpc) is 3.34. The summed E-state index contributed by atoms with van der Waals surface area (Å²) in [5.41, 5.74) is 0. The summed E-state index contributed by atoms with van der Waals surface area (Å²) < 4.78 is 22.9. The summed E-state index contributed by atoms with van der Waals surface area (Å²) in [6.45, 7) is 4.27. The summed E-state index contributed by atoms with van der Waals surface area (Å²) in [5.74, 6) is -0.336. The van der Waals surface area contributed by atoms with Gasteiger partial charge in [-0.25, -0.2) is 0 Å². The third-order valence-corrected chi connectivity index (χ3v) is 11.4. The van der Waals surface area contributed by atoms with E-state index in [9.17, 15) is 25.2 Å². The van der Waals surface area contributed by atoms with Crippen LogP contribution in [0.2, 0.25) is 0 Å². The van der Waals surface area contributed by atoms with Crippen molar-refractivity contribution in [2.24, 2.45) is 0 Å². The fourth-order valence-corrected chi connectivity index (χ4v) is 7.31. The lowest BCUT2D eigenvalue weighted by atomic mass is 9.99. The minimum absolute atomic E-state index is 0.121. The molecule has 386 valence electrons. The second kappa shape index (κ2) is 48.6. The Kier molecular flexibility index (Phi) is 44.8. The third-order valence-electron chi connectivity index (χ3n) is 11.4. The van der Waals surface area contributed by atoms with Gasteiger partial charge in [-0.2, -0.15) is 0 Å². The molecule has 0 saturated carbocycles. The van der Waals surface area contributed by atoms with Crippen LogP contribution in [0.5, 0.6) is 0 Å². The molecule has 0 aromatic carbocycles. The molecule has 0 aromatic rings. The number of aliphatic hydroxyl groups excluding tert-OH is 4. The lowest BCUT2D eigenvalue weighted by Gasteiger charge is -2.39. The van der Waals surface area contributed by atoms with E-state index in [1.54, 1.807) is 0 Å². The summed E-state index contributed by atoms with van der Waals surface area (Å²) in [5, 5.41) is 40.3. The van der Waals surface area contributed by atoms with Crippen molar-refractivity contribution < 1.29 is 44.2 Å². The number of aliphatic hydroxyl groups is 4. The van der Waals surface area contributed by atoms with E-state index in [2.05, 4.69) is 135 Å². The summed E-state index contributed by atoms with van der Waals surface area (Å²) in [4.78, 5) is 12.9. The molecule has 0 amide bonds. The van der Waals surface area contributed by atoms with E-state index in [1.165, 1.54) is 38.5 Å². The van der Waals surface area contributed by atoms with Gasteiger partial charge in [-0.15, -0.1) is 0 Å². The topological polar surface area (TPSA) is 135 Å². The molecule has 0 aromatic heterocycles. The van der Waals surface area contributed by atoms with Gasteiger partial charge in [-0.3, -0.25) is 4.79 Å². The highest BCUT2D eigenvalue weighted by atomic mass is 16.7. The monoisotopic (exact) mass is 949 g/mol. The highest BCUT2D eigenvalue weighted by Gasteiger charge is 2.44. The maximum atomic E-state index is 12.9. The van der Waals surface area contributed by atoms with Gasteiger partial charge in [0, 0.05) is 13.0 Å². The summed E-state index contributed by atoms with van der Waals surface area (Å²) in [6, 6.07) is 0. The number of rotatable bonds is 44. The van der Waals surface area contributed by atoms with E-state index in [4.69, 9.17) is 18.9 Å². The maximum absolute atomic E-state index is 12.9. The number of ether oxygens (including phenoxy) is 4. The van der Waals surface area contributed by atoms with Crippen LogP contribution in [0, 0.1) is 0 Å². The largest absolute Gasteiger partial charge is 0.457 e. The molecular weight excluding hydrogens is 853 g/mol. The van der Waals surface area contributed by atoms with Crippen LogP contribution in [0.15, 0.2) is 122 Å². The zero-order valence-corrected chi connectivity index (χ0v) is 42.6. The van der Waals surface area contributed by atoms with Crippen molar-refractivity contribution in [1.82, 2.24) is 0 Å². The standard InChI is InChI=1S/C59H96O9/c1-3-5-7-9-11-13-15-17-19-21-23-25-27-28-30-32-34-36-38-40-42-44-46-48-55(61)67-53(52-66-59-58(64)57(63)56(62)54(50-60)68-59)51-65-49-47-45-43-41-39-37-35-33-31-29-26-24-22-20-18-16-14-12-10-8-6-4-2/h5-8,11-14,17-20,23-26,28,30-31,33,53-54,56-60,62-64H,3-4,9-10,15-16,21-22,27,29,32,34-52H2,1-2H3/b7-5-,8-6-,13-11-,14-12-,19-17-,20-18-,25-23-,26-24-,30-28-,33-31-. The van der Waals surface area contributed by atoms with Crippen LogP contribution in [0.25, 0.3) is 0 Å². The first-order valence-electron chi connectivity index (χ1n) is 26.6. The molecule has 1 aliphatic heterocycles. The summed E-state index contributed by atoms with van der Waals surface area (Å²) in [6.07, 6.45) is 63.7. The third kappa shape index (κ3) is 38.4. The van der Waals surface area contributed by atoms with Crippen molar-refractivity contribution in [3.8, 4) is 0 Å². The number of hydrogen-bond acceptors (Lipinski definition) is 9. The Morgan fingerprint density at radius 1 is 0.471 bits per heavy atom. The van der Waals surface area contributed by atoms with Crippen molar-refractivity contribution in [2.75, 3.05) is 26.4 Å². The summed E-state index contributed by atoms with van der Waals surface area (Å²) >= 11 is 0. The van der Waals surface area contributed by atoms with Gasteiger partial charge in [-0.1, -0.05) is 193 Å². The quantitative estimate of drug-likeness (QED) is 0.0267. The van der Waals surface area contributed by atoms with E-state index in [-0.39, 0.29) is 19.2 Å². The number of hydrogen-bond donors (Lipinski definition) is 4. The van der Waals surface area contributed by atoms with Crippen LogP contribution in [0.3, 0.4) is 0 Å². The minimum Gasteiger partial charge on any atom is -0.457 e. The normalized spacial score (nSPS) is 20.1. The van der Waals surface area contributed by atoms with Crippen molar-refractivity contribution in [2.45, 2.75) is 218 Å². The summed E-state index contributed by atoms with van der Waals surface area (Å²) in [7, 11) is 0. The number of allylic oxidation sites excluding steroid dienone is 20. The van der Waals surface area contributed by atoms with Crippen molar-refractivity contribution in [3.05, 3.63) is 122 Å². The van der Waals surface area contributed by atoms with Gasteiger partial charge in [0.05, 0.1) is 19.8 Å². The molecule has 6 unspecified atom stereocenters. The zero-order chi connectivity index (χ0) is 49.2. The van der Waals surface area contributed by atoms with Crippen LogP contribution in [-0.4, -0.2) is 89.6 Å². The molecule has 0 radical (unpaired) electrons. The average molecular weight is 949 g/mol. The van der Waals surface area contributed by atoms with E-state index in [0.29, 0.717) is 13.0 Å². The fraction of sp³-hybridized carbons (Fsp3) is 0.644. The number of esters is 1. The van der Waals surface area contributed by atoms with Crippen molar-refractivity contribution in [1.29, 1.82) is 0 Å². The molecule has 1 saturated heterocycles.